The molecule has 168 valence electrons. The molecule has 0 unspecified atom stereocenters. The van der Waals surface area contributed by atoms with Gasteiger partial charge in [-0.25, -0.2) is 15.0 Å². The highest BCUT2D eigenvalue weighted by Crippen LogP contribution is 2.31. The topological polar surface area (TPSA) is 108 Å². The third-order valence-electron chi connectivity index (χ3n) is 4.95. The molecule has 5 aromatic rings. The van der Waals surface area contributed by atoms with Crippen LogP contribution in [0.5, 0.6) is 11.6 Å². The largest absolute Gasteiger partial charge is 0.439 e. The fourth-order valence-corrected chi connectivity index (χ4v) is 3.54. The quantitative estimate of drug-likeness (QED) is 0.356. The van der Waals surface area contributed by atoms with Crippen molar-refractivity contribution in [2.24, 2.45) is 0 Å². The molecule has 0 saturated heterocycles. The molecule has 5 rings (SSSR count). The van der Waals surface area contributed by atoms with Gasteiger partial charge in [-0.15, -0.1) is 0 Å². The Kier molecular flexibility index (Phi) is 5.75. The van der Waals surface area contributed by atoms with Crippen molar-refractivity contribution >= 4 is 23.2 Å². The van der Waals surface area contributed by atoms with Crippen molar-refractivity contribution in [3.63, 3.8) is 0 Å². The summed E-state index contributed by atoms with van der Waals surface area (Å²) in [6, 6.07) is 15.7. The molecule has 0 aliphatic rings. The molecule has 3 aromatic heterocycles. The number of hydrogen-bond donors (Lipinski definition) is 1. The van der Waals surface area contributed by atoms with Crippen molar-refractivity contribution in [1.82, 2.24) is 24.7 Å². The predicted octanol–water partition coefficient (Wildman–Crippen LogP) is 5.32. The standard InChI is InChI=1S/C24H17ClN6O3/c1-15-22(23(30-34-15)18-4-2-3-5-19(18)25)24(32)29-16-6-8-17(9-7-16)33-21-12-20(27-13-28-21)31-11-10-26-14-31/h2-14H,1H3,(H,29,32). The van der Waals surface area contributed by atoms with Gasteiger partial charge in [-0.05, 0) is 37.3 Å². The maximum Gasteiger partial charge on any atom is 0.261 e. The Bertz CT molecular complexity index is 1450. The molecule has 0 atom stereocenters. The van der Waals surface area contributed by atoms with Crippen LogP contribution in [0.15, 0.2) is 84.2 Å². The lowest BCUT2D eigenvalue weighted by Crippen LogP contribution is -2.13. The van der Waals surface area contributed by atoms with E-state index in [9.17, 15) is 4.79 Å². The van der Waals surface area contributed by atoms with Crippen LogP contribution in [0.1, 0.15) is 16.1 Å². The van der Waals surface area contributed by atoms with E-state index in [2.05, 4.69) is 25.4 Å². The van der Waals surface area contributed by atoms with Crippen molar-refractivity contribution in [3.8, 4) is 28.7 Å². The Hall–Kier alpha value is -4.50. The summed E-state index contributed by atoms with van der Waals surface area (Å²) in [7, 11) is 0. The molecule has 0 saturated carbocycles. The van der Waals surface area contributed by atoms with E-state index >= 15 is 0 Å². The molecule has 0 radical (unpaired) electrons. The van der Waals surface area contributed by atoms with Gasteiger partial charge in [0, 0.05) is 29.7 Å². The summed E-state index contributed by atoms with van der Waals surface area (Å²) >= 11 is 6.29. The molecule has 9 nitrogen and oxygen atoms in total. The number of rotatable bonds is 6. The molecule has 1 N–H and O–H groups in total. The third-order valence-corrected chi connectivity index (χ3v) is 5.28. The zero-order chi connectivity index (χ0) is 23.5. The van der Waals surface area contributed by atoms with Gasteiger partial charge >= 0.3 is 0 Å². The first-order chi connectivity index (χ1) is 16.6. The lowest BCUT2D eigenvalue weighted by Gasteiger charge is -2.09. The monoisotopic (exact) mass is 472 g/mol. The van der Waals surface area contributed by atoms with Gasteiger partial charge in [-0.3, -0.25) is 9.36 Å². The van der Waals surface area contributed by atoms with Gasteiger partial charge in [-0.1, -0.05) is 35.0 Å². The number of aryl methyl sites for hydroxylation is 1. The lowest BCUT2D eigenvalue weighted by molar-refractivity contribution is 0.102. The summed E-state index contributed by atoms with van der Waals surface area (Å²) in [5.41, 5.74) is 1.90. The van der Waals surface area contributed by atoms with Gasteiger partial charge in [0.1, 0.15) is 41.2 Å². The molecular formula is C24H17ClN6O3. The SMILES string of the molecule is Cc1onc(-c2ccccc2Cl)c1C(=O)Nc1ccc(Oc2cc(-n3ccnc3)ncn2)cc1. The number of carbonyl (C=O) groups excluding carboxylic acids is 1. The van der Waals surface area contributed by atoms with Gasteiger partial charge in [0.05, 0.1) is 5.02 Å². The number of imidazole rings is 1. The molecule has 3 heterocycles. The van der Waals surface area contributed by atoms with Crippen LogP contribution in [0.4, 0.5) is 5.69 Å². The number of benzene rings is 2. The Morgan fingerprint density at radius 2 is 1.94 bits per heavy atom. The summed E-state index contributed by atoms with van der Waals surface area (Å²) in [5, 5.41) is 7.38. The number of aromatic nitrogens is 5. The van der Waals surface area contributed by atoms with Crippen LogP contribution in [0.3, 0.4) is 0 Å². The fraction of sp³-hybridized carbons (Fsp3) is 0.0417. The van der Waals surface area contributed by atoms with E-state index in [0.29, 0.717) is 50.7 Å². The highest BCUT2D eigenvalue weighted by molar-refractivity contribution is 6.33. The summed E-state index contributed by atoms with van der Waals surface area (Å²) in [4.78, 5) is 25.4. The van der Waals surface area contributed by atoms with Gasteiger partial charge in [0.15, 0.2) is 0 Å². The predicted molar refractivity (Wildman–Crippen MR) is 125 cm³/mol. The van der Waals surface area contributed by atoms with Crippen molar-refractivity contribution in [2.75, 3.05) is 5.32 Å². The number of hydrogen-bond acceptors (Lipinski definition) is 7. The summed E-state index contributed by atoms with van der Waals surface area (Å²) in [5.74, 6) is 1.59. The Balaban J connectivity index is 1.31. The number of ether oxygens (including phenoxy) is 1. The van der Waals surface area contributed by atoms with E-state index in [1.54, 1.807) is 72.7 Å². The second kappa shape index (κ2) is 9.16. The number of anilines is 1. The minimum absolute atomic E-state index is 0.321. The van der Waals surface area contributed by atoms with E-state index in [1.807, 2.05) is 12.1 Å². The number of amides is 1. The smallest absolute Gasteiger partial charge is 0.261 e. The number of carbonyl (C=O) groups is 1. The van der Waals surface area contributed by atoms with Crippen LogP contribution in [0.2, 0.25) is 5.02 Å². The zero-order valence-electron chi connectivity index (χ0n) is 17.8. The van der Waals surface area contributed by atoms with Crippen LogP contribution in [0, 0.1) is 6.92 Å². The second-order valence-electron chi connectivity index (χ2n) is 7.21. The van der Waals surface area contributed by atoms with E-state index in [4.69, 9.17) is 20.9 Å². The highest BCUT2D eigenvalue weighted by Gasteiger charge is 2.23. The van der Waals surface area contributed by atoms with E-state index in [1.165, 1.54) is 6.33 Å². The molecule has 10 heteroatoms. The molecule has 0 aliphatic carbocycles. The van der Waals surface area contributed by atoms with Gasteiger partial charge < -0.3 is 14.6 Å². The van der Waals surface area contributed by atoms with Crippen LogP contribution in [-0.2, 0) is 0 Å². The molecule has 0 aliphatic heterocycles. The first-order valence-electron chi connectivity index (χ1n) is 10.2. The van der Waals surface area contributed by atoms with Crippen LogP contribution >= 0.6 is 11.6 Å². The first kappa shape index (κ1) is 21.4. The van der Waals surface area contributed by atoms with E-state index in [0.717, 1.165) is 0 Å². The second-order valence-corrected chi connectivity index (χ2v) is 7.61. The average Bonchev–Trinajstić information content (AvgIpc) is 3.51. The van der Waals surface area contributed by atoms with Gasteiger partial charge in [0.2, 0.25) is 5.88 Å². The minimum atomic E-state index is -0.358. The lowest BCUT2D eigenvalue weighted by atomic mass is 10.1. The third kappa shape index (κ3) is 4.37. The highest BCUT2D eigenvalue weighted by atomic mass is 35.5. The Morgan fingerprint density at radius 1 is 1.12 bits per heavy atom. The summed E-state index contributed by atoms with van der Waals surface area (Å²) in [6.07, 6.45) is 6.49. The van der Waals surface area contributed by atoms with Crippen molar-refractivity contribution in [3.05, 3.63) is 96.0 Å². The van der Waals surface area contributed by atoms with Crippen molar-refractivity contribution < 1.29 is 14.1 Å². The Morgan fingerprint density at radius 3 is 2.71 bits per heavy atom. The maximum absolute atomic E-state index is 13.0. The number of halogens is 1. The van der Waals surface area contributed by atoms with Gasteiger partial charge in [-0.2, -0.15) is 0 Å². The summed E-state index contributed by atoms with van der Waals surface area (Å²) < 4.78 is 12.8. The van der Waals surface area contributed by atoms with Crippen molar-refractivity contribution in [2.45, 2.75) is 6.92 Å². The number of nitrogens with one attached hydrogen (secondary N) is 1. The molecule has 0 spiro atoms. The van der Waals surface area contributed by atoms with Gasteiger partial charge in [0.25, 0.3) is 5.91 Å². The number of nitrogens with zero attached hydrogens (tertiary/aromatic N) is 5. The van der Waals surface area contributed by atoms with Crippen LogP contribution < -0.4 is 10.1 Å². The van der Waals surface area contributed by atoms with E-state index in [-0.39, 0.29) is 5.91 Å². The Labute approximate surface area is 199 Å². The molecule has 0 fully saturated rings. The normalized spacial score (nSPS) is 10.8. The zero-order valence-corrected chi connectivity index (χ0v) is 18.6. The van der Waals surface area contributed by atoms with Crippen LogP contribution in [-0.4, -0.2) is 30.6 Å². The minimum Gasteiger partial charge on any atom is -0.439 e. The molecule has 1 amide bonds. The fourth-order valence-electron chi connectivity index (χ4n) is 3.32. The first-order valence-corrected chi connectivity index (χ1v) is 10.6. The average molecular weight is 473 g/mol. The molecular weight excluding hydrogens is 456 g/mol. The maximum atomic E-state index is 13.0. The molecule has 0 bridgehead atoms. The molecule has 34 heavy (non-hydrogen) atoms. The molecule has 2 aromatic carbocycles. The summed E-state index contributed by atoms with van der Waals surface area (Å²) in [6.45, 7) is 1.68. The van der Waals surface area contributed by atoms with Crippen LogP contribution in [0.25, 0.3) is 17.1 Å². The van der Waals surface area contributed by atoms with Crippen molar-refractivity contribution in [1.29, 1.82) is 0 Å². The van der Waals surface area contributed by atoms with E-state index < -0.39 is 0 Å².